The van der Waals surface area contributed by atoms with Crippen molar-refractivity contribution in [3.05, 3.63) is 35.4 Å². The van der Waals surface area contributed by atoms with Gasteiger partial charge in [-0.1, -0.05) is 63.2 Å². The van der Waals surface area contributed by atoms with Gasteiger partial charge < -0.3 is 5.11 Å². The van der Waals surface area contributed by atoms with Crippen LogP contribution in [0.4, 0.5) is 0 Å². The first-order valence-electron chi connectivity index (χ1n) is 10.3. The number of nitrogens with zero attached hydrogens (tertiary/aromatic N) is 1. The van der Waals surface area contributed by atoms with E-state index in [-0.39, 0.29) is 0 Å². The average Bonchev–Trinajstić information content (AvgIpc) is 3.45. The van der Waals surface area contributed by atoms with Gasteiger partial charge >= 0.3 is 0 Å². The van der Waals surface area contributed by atoms with Gasteiger partial charge in [-0.3, -0.25) is 4.99 Å². The molecule has 2 fully saturated rings. The molecule has 26 heavy (non-hydrogen) atoms. The van der Waals surface area contributed by atoms with Crippen LogP contribution in [0.25, 0.3) is 10.8 Å². The molecule has 0 spiro atoms. The largest absolute Gasteiger partial charge is 0.507 e. The van der Waals surface area contributed by atoms with Gasteiger partial charge in [-0.25, -0.2) is 0 Å². The molecule has 2 saturated carbocycles. The Morgan fingerprint density at radius 3 is 2.38 bits per heavy atom. The molecule has 2 aromatic carbocycles. The van der Waals surface area contributed by atoms with Crippen molar-refractivity contribution in [3.63, 3.8) is 0 Å². The molecular formula is C23H31NOSi. The van der Waals surface area contributed by atoms with E-state index in [1.165, 1.54) is 55.9 Å². The Bertz CT molecular complexity index is 839. The molecular weight excluding hydrogens is 334 g/mol. The number of phenolic OH excluding ortho intramolecular Hbond substituents is 1. The van der Waals surface area contributed by atoms with E-state index in [1.807, 2.05) is 6.21 Å². The zero-order chi connectivity index (χ0) is 18.3. The van der Waals surface area contributed by atoms with Crippen molar-refractivity contribution in [2.75, 3.05) is 0 Å². The molecule has 0 aliphatic heterocycles. The fourth-order valence-corrected chi connectivity index (χ4v) is 5.66. The van der Waals surface area contributed by atoms with Crippen LogP contribution >= 0.6 is 0 Å². The number of hydrogen-bond donors (Lipinski definition) is 1. The van der Waals surface area contributed by atoms with Crippen LogP contribution in [0.5, 0.6) is 5.75 Å². The summed E-state index contributed by atoms with van der Waals surface area (Å²) in [5, 5.41) is 14.7. The summed E-state index contributed by atoms with van der Waals surface area (Å²) in [5.74, 6) is 1.22. The molecule has 0 saturated heterocycles. The van der Waals surface area contributed by atoms with E-state index in [4.69, 9.17) is 4.99 Å². The van der Waals surface area contributed by atoms with Gasteiger partial charge in [0.05, 0.1) is 8.07 Å². The van der Waals surface area contributed by atoms with E-state index in [0.29, 0.717) is 11.8 Å². The molecule has 0 aromatic heterocycles. The number of fused-ring (bicyclic) bond motifs is 1. The van der Waals surface area contributed by atoms with Gasteiger partial charge in [-0.15, -0.1) is 0 Å². The van der Waals surface area contributed by atoms with Crippen LogP contribution in [0.1, 0.15) is 62.0 Å². The first kappa shape index (κ1) is 17.8. The Hall–Kier alpha value is -1.61. The molecule has 138 valence electrons. The summed E-state index contributed by atoms with van der Waals surface area (Å²) in [4.78, 5) is 4.89. The van der Waals surface area contributed by atoms with E-state index in [1.54, 1.807) is 0 Å². The molecule has 0 amide bonds. The second-order valence-electron chi connectivity index (χ2n) is 9.26. The summed E-state index contributed by atoms with van der Waals surface area (Å²) in [6.07, 6.45) is 10.9. The third kappa shape index (κ3) is 3.59. The smallest absolute Gasteiger partial charge is 0.124 e. The lowest BCUT2D eigenvalue weighted by molar-refractivity contribution is 0.444. The molecule has 4 rings (SSSR count). The molecule has 2 aromatic rings. The van der Waals surface area contributed by atoms with Crippen molar-refractivity contribution in [1.82, 2.24) is 0 Å². The Morgan fingerprint density at radius 2 is 1.73 bits per heavy atom. The summed E-state index contributed by atoms with van der Waals surface area (Å²) in [5.41, 5.74) is 2.40. The number of rotatable bonds is 4. The predicted octanol–water partition coefficient (Wildman–Crippen LogP) is 5.72. The van der Waals surface area contributed by atoms with Gasteiger partial charge in [0.2, 0.25) is 0 Å². The number of benzene rings is 2. The van der Waals surface area contributed by atoms with Crippen LogP contribution in [-0.4, -0.2) is 25.4 Å². The topological polar surface area (TPSA) is 32.6 Å². The fraction of sp³-hybridized carbons (Fsp3) is 0.522. The second kappa shape index (κ2) is 6.84. The highest BCUT2D eigenvalue weighted by atomic mass is 28.3. The van der Waals surface area contributed by atoms with Crippen molar-refractivity contribution in [2.45, 2.75) is 76.5 Å². The average molecular weight is 366 g/mol. The van der Waals surface area contributed by atoms with Gasteiger partial charge in [0.1, 0.15) is 5.75 Å². The minimum absolute atomic E-state index is 0.430. The van der Waals surface area contributed by atoms with Gasteiger partial charge in [0.25, 0.3) is 0 Å². The highest BCUT2D eigenvalue weighted by Gasteiger charge is 2.26. The van der Waals surface area contributed by atoms with Crippen molar-refractivity contribution in [2.24, 2.45) is 4.99 Å². The molecule has 2 aliphatic carbocycles. The predicted molar refractivity (Wildman–Crippen MR) is 115 cm³/mol. The minimum atomic E-state index is -1.64. The molecule has 0 unspecified atom stereocenters. The lowest BCUT2D eigenvalue weighted by atomic mass is 9.96. The van der Waals surface area contributed by atoms with Crippen LogP contribution in [0.2, 0.25) is 19.6 Å². The summed E-state index contributed by atoms with van der Waals surface area (Å²) < 4.78 is 0. The van der Waals surface area contributed by atoms with E-state index >= 15 is 0 Å². The van der Waals surface area contributed by atoms with E-state index in [9.17, 15) is 5.11 Å². The molecule has 2 aliphatic rings. The maximum Gasteiger partial charge on any atom is 0.124 e. The normalized spacial score (nSPS) is 19.5. The van der Waals surface area contributed by atoms with Crippen LogP contribution < -0.4 is 5.19 Å². The summed E-state index contributed by atoms with van der Waals surface area (Å²) in [6.45, 7) is 6.92. The van der Waals surface area contributed by atoms with Gasteiger partial charge in [-0.05, 0) is 53.1 Å². The zero-order valence-electron chi connectivity index (χ0n) is 16.4. The fourth-order valence-electron chi connectivity index (χ4n) is 4.23. The summed E-state index contributed by atoms with van der Waals surface area (Å²) >= 11 is 0. The van der Waals surface area contributed by atoms with Gasteiger partial charge in [0.15, 0.2) is 0 Å². The molecule has 0 heterocycles. The standard InChI is InChI=1S/C23H31NOSi/c1-26(2,3)22-14-18-13-17(16-9-10-16)11-12-20(18)21(23(22)25)15-24-19-7-5-4-6-8-19/h11-16,19,25H,4-10H2,1-3H3. The Kier molecular flexibility index (Phi) is 4.68. The van der Waals surface area contributed by atoms with E-state index in [0.717, 1.165) is 22.1 Å². The quantitative estimate of drug-likeness (QED) is 0.545. The molecule has 3 heteroatoms. The Balaban J connectivity index is 1.82. The van der Waals surface area contributed by atoms with Crippen LogP contribution in [0.15, 0.2) is 29.3 Å². The molecule has 0 radical (unpaired) electrons. The van der Waals surface area contributed by atoms with Crippen molar-refractivity contribution < 1.29 is 5.11 Å². The lowest BCUT2D eigenvalue weighted by Crippen LogP contribution is -2.38. The van der Waals surface area contributed by atoms with Crippen molar-refractivity contribution >= 4 is 30.2 Å². The SMILES string of the molecule is C[Si](C)(C)c1cc2cc(C3CC3)ccc2c(C=NC2CCCCC2)c1O. The van der Waals surface area contributed by atoms with Crippen LogP contribution in [0, 0.1) is 0 Å². The van der Waals surface area contributed by atoms with Crippen molar-refractivity contribution in [1.29, 1.82) is 0 Å². The van der Waals surface area contributed by atoms with Crippen LogP contribution in [-0.2, 0) is 0 Å². The number of aliphatic imine (C=N–C) groups is 1. The second-order valence-corrected chi connectivity index (χ2v) is 14.3. The highest BCUT2D eigenvalue weighted by Crippen LogP contribution is 2.41. The Morgan fingerprint density at radius 1 is 1.00 bits per heavy atom. The number of hydrogen-bond acceptors (Lipinski definition) is 2. The van der Waals surface area contributed by atoms with Crippen molar-refractivity contribution in [3.8, 4) is 5.75 Å². The molecule has 0 atom stereocenters. The summed E-state index contributed by atoms with van der Waals surface area (Å²) in [7, 11) is -1.64. The van der Waals surface area contributed by atoms with E-state index in [2.05, 4.69) is 43.9 Å². The highest BCUT2D eigenvalue weighted by molar-refractivity contribution is 6.89. The third-order valence-electron chi connectivity index (χ3n) is 6.02. The maximum absolute atomic E-state index is 11.1. The molecule has 1 N–H and O–H groups in total. The van der Waals surface area contributed by atoms with Gasteiger partial charge in [-0.2, -0.15) is 0 Å². The Labute approximate surface area is 158 Å². The monoisotopic (exact) mass is 365 g/mol. The molecule has 2 nitrogen and oxygen atoms in total. The lowest BCUT2D eigenvalue weighted by Gasteiger charge is -2.22. The number of phenols is 1. The number of aromatic hydroxyl groups is 1. The van der Waals surface area contributed by atoms with E-state index < -0.39 is 8.07 Å². The minimum Gasteiger partial charge on any atom is -0.507 e. The first-order chi connectivity index (χ1) is 12.4. The zero-order valence-corrected chi connectivity index (χ0v) is 17.4. The molecule has 0 bridgehead atoms. The first-order valence-corrected chi connectivity index (χ1v) is 13.8. The maximum atomic E-state index is 11.1. The van der Waals surface area contributed by atoms with Gasteiger partial charge in [0, 0.05) is 17.8 Å². The third-order valence-corrected chi connectivity index (χ3v) is 8.02. The summed E-state index contributed by atoms with van der Waals surface area (Å²) in [6, 6.07) is 9.50. The van der Waals surface area contributed by atoms with Crippen LogP contribution in [0.3, 0.4) is 0 Å².